The Bertz CT molecular complexity index is 753. The van der Waals surface area contributed by atoms with Crippen LogP contribution in [0.25, 0.3) is 0 Å². The van der Waals surface area contributed by atoms with E-state index in [4.69, 9.17) is 5.11 Å². The molecule has 5 nitrogen and oxygen atoms in total. The Morgan fingerprint density at radius 1 is 1.33 bits per heavy atom. The summed E-state index contributed by atoms with van der Waals surface area (Å²) in [5.41, 5.74) is 0.786. The fraction of sp³-hybridized carbons (Fsp3) is 0.154. The Balaban J connectivity index is 2.20. The maximum atomic E-state index is 12.2. The van der Waals surface area contributed by atoms with Crippen LogP contribution in [0, 0.1) is 0 Å². The van der Waals surface area contributed by atoms with Crippen LogP contribution in [-0.2, 0) is 10.0 Å². The van der Waals surface area contributed by atoms with Gasteiger partial charge in [0, 0.05) is 15.9 Å². The van der Waals surface area contributed by atoms with Gasteiger partial charge in [0.15, 0.2) is 0 Å². The molecule has 0 aliphatic heterocycles. The van der Waals surface area contributed by atoms with Crippen molar-refractivity contribution < 1.29 is 18.3 Å². The van der Waals surface area contributed by atoms with Crippen molar-refractivity contribution >= 4 is 43.3 Å². The van der Waals surface area contributed by atoms with Crippen molar-refractivity contribution in [3.63, 3.8) is 0 Å². The SMILES string of the molecule is CC(NS(=O)(=O)c1cc(C(=O)O)cs1)c1ccc(Br)cc1. The zero-order chi connectivity index (χ0) is 15.6. The van der Waals surface area contributed by atoms with Gasteiger partial charge in [-0.25, -0.2) is 17.9 Å². The molecule has 2 rings (SSSR count). The number of carboxylic acids is 1. The Hall–Kier alpha value is -1.22. The average molecular weight is 390 g/mol. The Morgan fingerprint density at radius 2 is 1.95 bits per heavy atom. The molecule has 1 aromatic carbocycles. The zero-order valence-corrected chi connectivity index (χ0v) is 14.1. The fourth-order valence-electron chi connectivity index (χ4n) is 1.68. The number of thiophene rings is 1. The molecule has 0 bridgehead atoms. The number of aromatic carboxylic acids is 1. The lowest BCUT2D eigenvalue weighted by Crippen LogP contribution is -2.26. The summed E-state index contributed by atoms with van der Waals surface area (Å²) in [4.78, 5) is 10.8. The topological polar surface area (TPSA) is 83.5 Å². The monoisotopic (exact) mass is 389 g/mol. The zero-order valence-electron chi connectivity index (χ0n) is 10.9. The van der Waals surface area contributed by atoms with Gasteiger partial charge in [-0.2, -0.15) is 0 Å². The molecule has 8 heteroatoms. The van der Waals surface area contributed by atoms with Crippen molar-refractivity contribution in [3.05, 3.63) is 51.3 Å². The summed E-state index contributed by atoms with van der Waals surface area (Å²) < 4.78 is 27.9. The molecule has 1 aromatic heterocycles. The molecule has 112 valence electrons. The van der Waals surface area contributed by atoms with Gasteiger partial charge in [0.1, 0.15) is 4.21 Å². The molecule has 0 aliphatic rings. The molecule has 0 amide bonds. The summed E-state index contributed by atoms with van der Waals surface area (Å²) in [6, 6.07) is 8.02. The molecular formula is C13H12BrNO4S2. The van der Waals surface area contributed by atoms with Crippen LogP contribution < -0.4 is 4.72 Å². The summed E-state index contributed by atoms with van der Waals surface area (Å²) in [6.45, 7) is 1.73. The average Bonchev–Trinajstić information content (AvgIpc) is 2.89. The van der Waals surface area contributed by atoms with E-state index in [0.29, 0.717) is 0 Å². The first-order chi connectivity index (χ1) is 9.79. The third kappa shape index (κ3) is 3.91. The Labute approximate surface area is 134 Å². The van der Waals surface area contributed by atoms with Crippen LogP contribution in [-0.4, -0.2) is 19.5 Å². The van der Waals surface area contributed by atoms with Crippen LogP contribution in [0.4, 0.5) is 0 Å². The van der Waals surface area contributed by atoms with E-state index < -0.39 is 22.0 Å². The number of halogens is 1. The van der Waals surface area contributed by atoms with Crippen LogP contribution >= 0.6 is 27.3 Å². The maximum Gasteiger partial charge on any atom is 0.336 e. The number of carboxylic acid groups (broad SMARTS) is 1. The minimum absolute atomic E-state index is 0.0103. The van der Waals surface area contributed by atoms with E-state index >= 15 is 0 Å². The van der Waals surface area contributed by atoms with Crippen molar-refractivity contribution in [2.45, 2.75) is 17.2 Å². The molecular weight excluding hydrogens is 378 g/mol. The molecule has 1 unspecified atom stereocenters. The predicted molar refractivity (Wildman–Crippen MR) is 84.2 cm³/mol. The van der Waals surface area contributed by atoms with Gasteiger partial charge >= 0.3 is 5.97 Å². The highest BCUT2D eigenvalue weighted by atomic mass is 79.9. The van der Waals surface area contributed by atoms with Crippen molar-refractivity contribution in [2.75, 3.05) is 0 Å². The van der Waals surface area contributed by atoms with Gasteiger partial charge in [0.2, 0.25) is 0 Å². The summed E-state index contributed by atoms with van der Waals surface area (Å²) in [5.74, 6) is -1.14. The largest absolute Gasteiger partial charge is 0.478 e. The predicted octanol–water partition coefficient (Wildman–Crippen LogP) is 3.25. The molecule has 0 spiro atoms. The number of sulfonamides is 1. The van der Waals surface area contributed by atoms with Crippen LogP contribution in [0.5, 0.6) is 0 Å². The second-order valence-electron chi connectivity index (χ2n) is 4.35. The second kappa shape index (κ2) is 6.27. The molecule has 0 radical (unpaired) electrons. The van der Waals surface area contributed by atoms with E-state index in [9.17, 15) is 13.2 Å². The highest BCUT2D eigenvalue weighted by Gasteiger charge is 2.21. The van der Waals surface area contributed by atoms with E-state index in [1.165, 1.54) is 5.38 Å². The van der Waals surface area contributed by atoms with E-state index in [-0.39, 0.29) is 9.77 Å². The minimum atomic E-state index is -3.74. The summed E-state index contributed by atoms with van der Waals surface area (Å²) in [5, 5.41) is 10.1. The van der Waals surface area contributed by atoms with E-state index in [1.54, 1.807) is 6.92 Å². The van der Waals surface area contributed by atoms with Crippen molar-refractivity contribution in [2.24, 2.45) is 0 Å². The first-order valence-corrected chi connectivity index (χ1v) is 9.05. The molecule has 2 aromatic rings. The number of hydrogen-bond donors (Lipinski definition) is 2. The van der Waals surface area contributed by atoms with Gasteiger partial charge in [-0.05, 0) is 30.7 Å². The lowest BCUT2D eigenvalue weighted by molar-refractivity contribution is 0.0697. The smallest absolute Gasteiger partial charge is 0.336 e. The lowest BCUT2D eigenvalue weighted by atomic mass is 10.1. The number of benzene rings is 1. The molecule has 2 N–H and O–H groups in total. The van der Waals surface area contributed by atoms with Gasteiger partial charge in [0.05, 0.1) is 5.56 Å². The number of nitrogens with one attached hydrogen (secondary N) is 1. The Kier molecular flexibility index (Phi) is 4.82. The van der Waals surface area contributed by atoms with Gasteiger partial charge in [0.25, 0.3) is 10.0 Å². The molecule has 0 saturated carbocycles. The highest BCUT2D eigenvalue weighted by molar-refractivity contribution is 9.10. The van der Waals surface area contributed by atoms with Gasteiger partial charge < -0.3 is 5.11 Å². The van der Waals surface area contributed by atoms with Crippen molar-refractivity contribution in [1.82, 2.24) is 4.72 Å². The number of hydrogen-bond acceptors (Lipinski definition) is 4. The quantitative estimate of drug-likeness (QED) is 0.821. The van der Waals surface area contributed by atoms with Gasteiger partial charge in [-0.3, -0.25) is 0 Å². The van der Waals surface area contributed by atoms with Gasteiger partial charge in [-0.15, -0.1) is 11.3 Å². The lowest BCUT2D eigenvalue weighted by Gasteiger charge is -2.13. The molecule has 21 heavy (non-hydrogen) atoms. The molecule has 1 atom stereocenters. The number of rotatable bonds is 5. The third-order valence-corrected chi connectivity index (χ3v) is 6.30. The normalized spacial score (nSPS) is 13.0. The maximum absolute atomic E-state index is 12.2. The molecule has 0 aliphatic carbocycles. The van der Waals surface area contributed by atoms with Crippen molar-refractivity contribution in [3.8, 4) is 0 Å². The van der Waals surface area contributed by atoms with Crippen LogP contribution in [0.3, 0.4) is 0 Å². The Morgan fingerprint density at radius 3 is 2.48 bits per heavy atom. The fourth-order valence-corrected chi connectivity index (χ4v) is 4.35. The third-order valence-electron chi connectivity index (χ3n) is 2.79. The first-order valence-electron chi connectivity index (χ1n) is 5.89. The number of carbonyl (C=O) groups is 1. The van der Waals surface area contributed by atoms with Crippen LogP contribution in [0.1, 0.15) is 28.9 Å². The summed E-state index contributed by atoms with van der Waals surface area (Å²) >= 11 is 4.20. The minimum Gasteiger partial charge on any atom is -0.478 e. The van der Waals surface area contributed by atoms with Gasteiger partial charge in [-0.1, -0.05) is 28.1 Å². The van der Waals surface area contributed by atoms with E-state index in [2.05, 4.69) is 20.7 Å². The van der Waals surface area contributed by atoms with Crippen LogP contribution in [0.15, 0.2) is 44.4 Å². The van der Waals surface area contributed by atoms with Crippen LogP contribution in [0.2, 0.25) is 0 Å². The first kappa shape index (κ1) is 16.2. The summed E-state index contributed by atoms with van der Waals surface area (Å²) in [7, 11) is -3.74. The highest BCUT2D eigenvalue weighted by Crippen LogP contribution is 2.23. The molecule has 1 heterocycles. The molecule has 0 saturated heterocycles. The molecule has 0 fully saturated rings. The second-order valence-corrected chi connectivity index (χ2v) is 8.12. The van der Waals surface area contributed by atoms with E-state index in [1.807, 2.05) is 24.3 Å². The standard InChI is InChI=1S/C13H12BrNO4S2/c1-8(9-2-4-11(14)5-3-9)15-21(18,19)12-6-10(7-20-12)13(16)17/h2-8,15H,1H3,(H,16,17). The van der Waals surface area contributed by atoms with E-state index in [0.717, 1.165) is 27.4 Å². The summed E-state index contributed by atoms with van der Waals surface area (Å²) in [6.07, 6.45) is 0. The van der Waals surface area contributed by atoms with Crippen molar-refractivity contribution in [1.29, 1.82) is 0 Å².